The number of carbonyl (C=O) groups excluding carboxylic acids is 1. The first-order valence-corrected chi connectivity index (χ1v) is 9.47. The predicted octanol–water partition coefficient (Wildman–Crippen LogP) is 2.47. The van der Waals surface area contributed by atoms with Gasteiger partial charge in [-0.15, -0.1) is 0 Å². The van der Waals surface area contributed by atoms with E-state index < -0.39 is 27.8 Å². The molecule has 2 rings (SSSR count). The zero-order valence-corrected chi connectivity index (χ0v) is 15.7. The molecule has 1 amide bonds. The number of ether oxygens (including phenoxy) is 1. The summed E-state index contributed by atoms with van der Waals surface area (Å²) in [6.45, 7) is 1.53. The number of nitrogens with one attached hydrogen (secondary N) is 2. The lowest BCUT2D eigenvalue weighted by Gasteiger charge is -2.16. The molecule has 2 aromatic rings. The van der Waals surface area contributed by atoms with E-state index in [1.165, 1.54) is 20.1 Å². The van der Waals surface area contributed by atoms with Crippen molar-refractivity contribution in [1.82, 2.24) is 10.0 Å². The largest absolute Gasteiger partial charge is 0.495 e. The molecular formula is C17H18ClFN2O4S. The molecule has 0 bridgehead atoms. The van der Waals surface area contributed by atoms with Gasteiger partial charge in [-0.2, -0.15) is 4.72 Å². The van der Waals surface area contributed by atoms with Crippen molar-refractivity contribution < 1.29 is 22.3 Å². The summed E-state index contributed by atoms with van der Waals surface area (Å²) in [6.07, 6.45) is 0. The first kappa shape index (κ1) is 20.2. The third kappa shape index (κ3) is 4.94. The number of halogens is 2. The fourth-order valence-electron chi connectivity index (χ4n) is 2.19. The molecule has 0 heterocycles. The fourth-order valence-corrected chi connectivity index (χ4v) is 3.77. The molecule has 0 aliphatic heterocycles. The molecule has 0 spiro atoms. The van der Waals surface area contributed by atoms with Crippen LogP contribution in [-0.2, 0) is 21.4 Å². The molecule has 2 N–H and O–H groups in total. The lowest BCUT2D eigenvalue weighted by atomic mass is 10.2. The molecule has 0 radical (unpaired) electrons. The van der Waals surface area contributed by atoms with Gasteiger partial charge in [0, 0.05) is 11.6 Å². The van der Waals surface area contributed by atoms with Crippen LogP contribution in [0.2, 0.25) is 5.02 Å². The van der Waals surface area contributed by atoms with Gasteiger partial charge in [0.15, 0.2) is 0 Å². The average molecular weight is 401 g/mol. The summed E-state index contributed by atoms with van der Waals surface area (Å²) in [5.41, 5.74) is 0.698. The van der Waals surface area contributed by atoms with E-state index in [0.29, 0.717) is 10.6 Å². The maximum absolute atomic E-state index is 13.4. The summed E-state index contributed by atoms with van der Waals surface area (Å²) in [7, 11) is -2.89. The van der Waals surface area contributed by atoms with E-state index in [0.717, 1.165) is 12.1 Å². The first-order valence-electron chi connectivity index (χ1n) is 7.61. The molecule has 0 aromatic heterocycles. The summed E-state index contributed by atoms with van der Waals surface area (Å²) in [5, 5.41) is 3.09. The van der Waals surface area contributed by atoms with Crippen LogP contribution in [0.5, 0.6) is 5.75 Å². The average Bonchev–Trinajstić information content (AvgIpc) is 2.60. The lowest BCUT2D eigenvalue weighted by molar-refractivity contribution is -0.122. The Kier molecular flexibility index (Phi) is 6.57. The normalized spacial score (nSPS) is 12.5. The van der Waals surface area contributed by atoms with Crippen molar-refractivity contribution in [2.24, 2.45) is 0 Å². The van der Waals surface area contributed by atoms with Crippen LogP contribution in [0.1, 0.15) is 12.5 Å². The molecule has 6 nitrogen and oxygen atoms in total. The number of carbonyl (C=O) groups is 1. The van der Waals surface area contributed by atoms with Crippen LogP contribution < -0.4 is 14.8 Å². The summed E-state index contributed by atoms with van der Waals surface area (Å²) < 4.78 is 45.5. The molecule has 1 unspecified atom stereocenters. The zero-order chi connectivity index (χ0) is 19.3. The van der Waals surface area contributed by atoms with Gasteiger partial charge in [0.05, 0.1) is 13.2 Å². The van der Waals surface area contributed by atoms with Gasteiger partial charge in [-0.05, 0) is 36.8 Å². The maximum atomic E-state index is 13.4. The van der Waals surface area contributed by atoms with Crippen molar-refractivity contribution in [2.45, 2.75) is 24.4 Å². The lowest BCUT2D eigenvalue weighted by Crippen LogP contribution is -2.44. The molecule has 2 aromatic carbocycles. The van der Waals surface area contributed by atoms with Crippen LogP contribution in [-0.4, -0.2) is 27.5 Å². The predicted molar refractivity (Wildman–Crippen MR) is 96.0 cm³/mol. The summed E-state index contributed by atoms with van der Waals surface area (Å²) in [6, 6.07) is 8.99. The molecule has 0 aliphatic rings. The van der Waals surface area contributed by atoms with Gasteiger partial charge in [-0.25, -0.2) is 12.8 Å². The number of amides is 1. The van der Waals surface area contributed by atoms with Gasteiger partial charge in [-0.3, -0.25) is 4.79 Å². The Labute approximate surface area is 156 Å². The highest BCUT2D eigenvalue weighted by atomic mass is 35.5. The Bertz CT molecular complexity index is 905. The number of rotatable bonds is 7. The Balaban J connectivity index is 2.08. The van der Waals surface area contributed by atoms with E-state index in [2.05, 4.69) is 10.0 Å². The Morgan fingerprint density at radius 2 is 1.96 bits per heavy atom. The van der Waals surface area contributed by atoms with Crippen molar-refractivity contribution in [3.05, 3.63) is 58.9 Å². The first-order chi connectivity index (χ1) is 12.2. The van der Waals surface area contributed by atoms with Crippen LogP contribution >= 0.6 is 11.6 Å². The van der Waals surface area contributed by atoms with Gasteiger partial charge in [-0.1, -0.05) is 29.8 Å². The molecule has 9 heteroatoms. The highest BCUT2D eigenvalue weighted by Crippen LogP contribution is 2.24. The van der Waals surface area contributed by atoms with E-state index >= 15 is 0 Å². The molecule has 140 valence electrons. The highest BCUT2D eigenvalue weighted by Gasteiger charge is 2.25. The molecule has 1 atom stereocenters. The quantitative estimate of drug-likeness (QED) is 0.747. The second-order valence-electron chi connectivity index (χ2n) is 5.45. The standard InChI is InChI=1S/C17H18ClFN2O4S/c1-11(17(22)20-10-12-5-3-4-6-14(12)18)21-26(23,24)16-9-13(19)7-8-15(16)25-2/h3-9,11,21H,10H2,1-2H3,(H,20,22). The van der Waals surface area contributed by atoms with Gasteiger partial charge < -0.3 is 10.1 Å². The van der Waals surface area contributed by atoms with Crippen molar-refractivity contribution in [2.75, 3.05) is 7.11 Å². The zero-order valence-electron chi connectivity index (χ0n) is 14.1. The monoisotopic (exact) mass is 400 g/mol. The Morgan fingerprint density at radius 1 is 1.27 bits per heavy atom. The maximum Gasteiger partial charge on any atom is 0.245 e. The highest BCUT2D eigenvalue weighted by molar-refractivity contribution is 7.89. The second-order valence-corrected chi connectivity index (χ2v) is 7.54. The van der Waals surface area contributed by atoms with E-state index in [1.807, 2.05) is 0 Å². The molecule has 0 fully saturated rings. The number of hydrogen-bond donors (Lipinski definition) is 2. The molecular weight excluding hydrogens is 383 g/mol. The minimum Gasteiger partial charge on any atom is -0.495 e. The van der Waals surface area contributed by atoms with Crippen LogP contribution in [0.25, 0.3) is 0 Å². The third-order valence-electron chi connectivity index (χ3n) is 3.55. The van der Waals surface area contributed by atoms with Crippen molar-refractivity contribution in [1.29, 1.82) is 0 Å². The van der Waals surface area contributed by atoms with Crippen molar-refractivity contribution in [3.63, 3.8) is 0 Å². The van der Waals surface area contributed by atoms with Gasteiger partial charge in [0.25, 0.3) is 0 Å². The summed E-state index contributed by atoms with van der Waals surface area (Å²) >= 11 is 6.01. The summed E-state index contributed by atoms with van der Waals surface area (Å²) in [4.78, 5) is 11.8. The third-order valence-corrected chi connectivity index (χ3v) is 5.48. The van der Waals surface area contributed by atoms with Gasteiger partial charge in [0.1, 0.15) is 16.5 Å². The topological polar surface area (TPSA) is 84.5 Å². The Hall–Kier alpha value is -2.16. The smallest absolute Gasteiger partial charge is 0.245 e. The van der Waals surface area contributed by atoms with Crippen molar-refractivity contribution in [3.8, 4) is 5.75 Å². The SMILES string of the molecule is COc1ccc(F)cc1S(=O)(=O)NC(C)C(=O)NCc1ccccc1Cl. The minimum absolute atomic E-state index is 0.0254. The van der Waals surface area contributed by atoms with E-state index in [4.69, 9.17) is 16.3 Å². The van der Waals surface area contributed by atoms with Crippen LogP contribution in [0.4, 0.5) is 4.39 Å². The Morgan fingerprint density at radius 3 is 2.62 bits per heavy atom. The molecule has 0 aliphatic carbocycles. The molecule has 26 heavy (non-hydrogen) atoms. The second kappa shape index (κ2) is 8.48. The van der Waals surface area contributed by atoms with Crippen LogP contribution in [0.15, 0.2) is 47.4 Å². The van der Waals surface area contributed by atoms with Gasteiger partial charge in [0.2, 0.25) is 15.9 Å². The van der Waals surface area contributed by atoms with E-state index in [9.17, 15) is 17.6 Å². The van der Waals surface area contributed by atoms with E-state index in [1.54, 1.807) is 24.3 Å². The van der Waals surface area contributed by atoms with Crippen molar-refractivity contribution >= 4 is 27.5 Å². The number of sulfonamides is 1. The minimum atomic E-state index is -4.16. The van der Waals surface area contributed by atoms with Crippen LogP contribution in [0.3, 0.4) is 0 Å². The number of methoxy groups -OCH3 is 1. The van der Waals surface area contributed by atoms with E-state index in [-0.39, 0.29) is 17.2 Å². The van der Waals surface area contributed by atoms with Gasteiger partial charge >= 0.3 is 0 Å². The fraction of sp³-hybridized carbons (Fsp3) is 0.235. The summed E-state index contributed by atoms with van der Waals surface area (Å²) in [5.74, 6) is -1.31. The number of benzene rings is 2. The molecule has 0 saturated heterocycles. The van der Waals surface area contributed by atoms with Crippen LogP contribution in [0, 0.1) is 5.82 Å². The molecule has 0 saturated carbocycles. The number of hydrogen-bond acceptors (Lipinski definition) is 4.